The van der Waals surface area contributed by atoms with Crippen molar-refractivity contribution in [1.29, 1.82) is 0 Å². The van der Waals surface area contributed by atoms with Gasteiger partial charge >= 0.3 is 12.1 Å². The Morgan fingerprint density at radius 1 is 1.03 bits per heavy atom. The number of aliphatic carboxylic acids is 1. The molecule has 3 aliphatic rings. The van der Waals surface area contributed by atoms with Gasteiger partial charge in [-0.2, -0.15) is 0 Å². The summed E-state index contributed by atoms with van der Waals surface area (Å²) in [5.41, 5.74) is 5.08. The molecule has 1 unspecified atom stereocenters. The van der Waals surface area contributed by atoms with Gasteiger partial charge in [-0.15, -0.1) is 0 Å². The van der Waals surface area contributed by atoms with Crippen LogP contribution in [0, 0.1) is 11.8 Å². The fraction of sp³-hybridized carbons (Fsp3) is 0.393. The van der Waals surface area contributed by atoms with Crippen molar-refractivity contribution in [3.8, 4) is 11.1 Å². The van der Waals surface area contributed by atoms with Gasteiger partial charge in [-0.3, -0.25) is 4.79 Å². The molecule has 2 aromatic carbocycles. The first-order valence-electron chi connectivity index (χ1n) is 12.3. The van der Waals surface area contributed by atoms with Crippen LogP contribution in [0.3, 0.4) is 0 Å². The van der Waals surface area contributed by atoms with Crippen molar-refractivity contribution in [1.82, 2.24) is 10.2 Å². The minimum Gasteiger partial charge on any atom is -0.478 e. The highest BCUT2D eigenvalue weighted by Crippen LogP contribution is 2.44. The van der Waals surface area contributed by atoms with Crippen LogP contribution in [-0.2, 0) is 14.3 Å². The number of hydrogen-bond acceptors (Lipinski definition) is 4. The number of carboxylic acid groups (broad SMARTS) is 1. The predicted molar refractivity (Wildman–Crippen MR) is 131 cm³/mol. The third-order valence-electron chi connectivity index (χ3n) is 7.41. The van der Waals surface area contributed by atoms with Gasteiger partial charge in [0.2, 0.25) is 5.91 Å². The lowest BCUT2D eigenvalue weighted by molar-refractivity contribution is -0.135. The molecule has 2 amide bonds. The molecule has 35 heavy (non-hydrogen) atoms. The molecular weight excluding hydrogens is 444 g/mol. The van der Waals surface area contributed by atoms with E-state index in [2.05, 4.69) is 29.6 Å². The topological polar surface area (TPSA) is 95.9 Å². The summed E-state index contributed by atoms with van der Waals surface area (Å²) in [6.07, 6.45) is 4.00. The summed E-state index contributed by atoms with van der Waals surface area (Å²) in [4.78, 5) is 38.2. The number of carbonyl (C=O) groups excluding carboxylic acids is 2. The van der Waals surface area contributed by atoms with E-state index in [9.17, 15) is 14.4 Å². The number of nitrogens with zero attached hydrogens (tertiary/aromatic N) is 1. The third-order valence-corrected chi connectivity index (χ3v) is 7.41. The molecule has 5 rings (SSSR count). The maximum Gasteiger partial charge on any atom is 0.407 e. The molecule has 1 aliphatic heterocycles. The van der Waals surface area contributed by atoms with Crippen LogP contribution in [0.25, 0.3) is 11.1 Å². The summed E-state index contributed by atoms with van der Waals surface area (Å²) in [5, 5.41) is 12.0. The van der Waals surface area contributed by atoms with E-state index in [1.54, 1.807) is 11.0 Å². The molecule has 182 valence electrons. The molecule has 0 radical (unpaired) electrons. The van der Waals surface area contributed by atoms with Crippen molar-refractivity contribution in [2.75, 3.05) is 26.2 Å². The second kappa shape index (κ2) is 9.94. The number of ether oxygens (including phenoxy) is 1. The van der Waals surface area contributed by atoms with Crippen molar-refractivity contribution in [3.05, 3.63) is 71.3 Å². The lowest BCUT2D eigenvalue weighted by Gasteiger charge is -2.27. The van der Waals surface area contributed by atoms with Gasteiger partial charge in [0, 0.05) is 37.5 Å². The number of carbonyl (C=O) groups is 3. The Hall–Kier alpha value is -3.61. The monoisotopic (exact) mass is 474 g/mol. The van der Waals surface area contributed by atoms with E-state index in [1.807, 2.05) is 24.3 Å². The van der Waals surface area contributed by atoms with Gasteiger partial charge in [0.05, 0.1) is 0 Å². The Labute approximate surface area is 204 Å². The Kier molecular flexibility index (Phi) is 6.57. The fourth-order valence-corrected chi connectivity index (χ4v) is 5.28. The number of rotatable bonds is 8. The van der Waals surface area contributed by atoms with E-state index >= 15 is 0 Å². The molecule has 1 atom stereocenters. The van der Waals surface area contributed by atoms with Gasteiger partial charge < -0.3 is 20.1 Å². The van der Waals surface area contributed by atoms with Crippen LogP contribution in [0.1, 0.15) is 42.7 Å². The number of fused-ring (bicyclic) bond motifs is 3. The number of alkyl carbamates (subject to hydrolysis) is 1. The summed E-state index contributed by atoms with van der Waals surface area (Å²) >= 11 is 0. The first-order valence-corrected chi connectivity index (χ1v) is 12.3. The molecule has 0 saturated heterocycles. The quantitative estimate of drug-likeness (QED) is 0.598. The minimum atomic E-state index is -0.916. The second-order valence-corrected chi connectivity index (χ2v) is 9.63. The smallest absolute Gasteiger partial charge is 0.407 e. The average molecular weight is 475 g/mol. The molecule has 2 aliphatic carbocycles. The van der Waals surface area contributed by atoms with Crippen molar-refractivity contribution in [3.63, 3.8) is 0 Å². The fourth-order valence-electron chi connectivity index (χ4n) is 5.28. The number of hydrogen-bond donors (Lipinski definition) is 2. The highest BCUT2D eigenvalue weighted by atomic mass is 16.5. The maximum absolute atomic E-state index is 12.8. The first kappa shape index (κ1) is 23.1. The van der Waals surface area contributed by atoms with Crippen LogP contribution in [0.15, 0.2) is 60.2 Å². The maximum atomic E-state index is 12.8. The van der Waals surface area contributed by atoms with E-state index in [0.717, 1.165) is 12.8 Å². The molecule has 7 nitrogen and oxygen atoms in total. The molecular formula is C28H30N2O5. The van der Waals surface area contributed by atoms with Crippen LogP contribution in [0.4, 0.5) is 4.79 Å². The highest BCUT2D eigenvalue weighted by molar-refractivity contribution is 5.87. The van der Waals surface area contributed by atoms with Crippen LogP contribution in [0.5, 0.6) is 0 Å². The molecule has 0 spiro atoms. The number of amides is 2. The second-order valence-electron chi connectivity index (χ2n) is 9.63. The minimum absolute atomic E-state index is 0.0109. The van der Waals surface area contributed by atoms with Gasteiger partial charge in [0.25, 0.3) is 0 Å². The summed E-state index contributed by atoms with van der Waals surface area (Å²) < 4.78 is 5.64. The van der Waals surface area contributed by atoms with Crippen LogP contribution in [-0.4, -0.2) is 54.2 Å². The Morgan fingerprint density at radius 2 is 1.69 bits per heavy atom. The summed E-state index contributed by atoms with van der Waals surface area (Å²) in [6.45, 7) is 1.42. The van der Waals surface area contributed by atoms with E-state index in [4.69, 9.17) is 9.84 Å². The zero-order valence-corrected chi connectivity index (χ0v) is 19.6. The Morgan fingerprint density at radius 3 is 2.26 bits per heavy atom. The van der Waals surface area contributed by atoms with E-state index in [-0.39, 0.29) is 24.3 Å². The summed E-state index contributed by atoms with van der Waals surface area (Å²) in [5.74, 6) is -0.399. The zero-order chi connectivity index (χ0) is 24.4. The standard InChI is InChI=1S/C28H30N2O5/c31-26(30-13-11-19(12-14-30)27(32)33)15-20(18-9-10-18)16-29-28(34)35-17-25-23-7-3-1-5-21(23)22-6-2-4-8-24(22)25/h1-8,11,18,20,25H,9-10,12-17H2,(H,29,34)(H,32,33). The number of nitrogens with one attached hydrogen (secondary N) is 1. The molecule has 2 aromatic rings. The molecule has 1 fully saturated rings. The van der Waals surface area contributed by atoms with Gasteiger partial charge in [0.1, 0.15) is 6.61 Å². The average Bonchev–Trinajstić information content (AvgIpc) is 3.68. The number of carboxylic acids is 1. The molecule has 1 saturated carbocycles. The van der Waals surface area contributed by atoms with E-state index < -0.39 is 12.1 Å². The van der Waals surface area contributed by atoms with Gasteiger partial charge in [0.15, 0.2) is 0 Å². The lowest BCUT2D eigenvalue weighted by Crippen LogP contribution is -2.39. The van der Waals surface area contributed by atoms with Crippen molar-refractivity contribution in [2.45, 2.75) is 31.6 Å². The summed E-state index contributed by atoms with van der Waals surface area (Å²) in [7, 11) is 0. The van der Waals surface area contributed by atoms with Gasteiger partial charge in [-0.25, -0.2) is 9.59 Å². The largest absolute Gasteiger partial charge is 0.478 e. The third kappa shape index (κ3) is 5.09. The predicted octanol–water partition coefficient (Wildman–Crippen LogP) is 4.18. The van der Waals surface area contributed by atoms with Crippen LogP contribution in [0.2, 0.25) is 0 Å². The van der Waals surface area contributed by atoms with E-state index in [1.165, 1.54) is 22.3 Å². The SMILES string of the molecule is O=C(NCC(CC(=O)N1CC=C(C(=O)O)CC1)C1CC1)OCC1c2ccccc2-c2ccccc21. The molecule has 2 N–H and O–H groups in total. The van der Waals surface area contributed by atoms with Gasteiger partial charge in [-0.05, 0) is 53.4 Å². The zero-order valence-electron chi connectivity index (χ0n) is 19.6. The highest BCUT2D eigenvalue weighted by Gasteiger charge is 2.35. The van der Waals surface area contributed by atoms with Crippen LogP contribution >= 0.6 is 0 Å². The Balaban J connectivity index is 1.14. The summed E-state index contributed by atoms with van der Waals surface area (Å²) in [6, 6.07) is 16.5. The molecule has 0 bridgehead atoms. The van der Waals surface area contributed by atoms with Crippen molar-refractivity contribution in [2.24, 2.45) is 11.8 Å². The van der Waals surface area contributed by atoms with Crippen molar-refractivity contribution < 1.29 is 24.2 Å². The molecule has 0 aromatic heterocycles. The van der Waals surface area contributed by atoms with E-state index in [0.29, 0.717) is 44.0 Å². The number of benzene rings is 2. The van der Waals surface area contributed by atoms with Crippen LogP contribution < -0.4 is 5.32 Å². The first-order chi connectivity index (χ1) is 17.0. The molecule has 1 heterocycles. The Bertz CT molecular complexity index is 1120. The van der Waals surface area contributed by atoms with Crippen molar-refractivity contribution >= 4 is 18.0 Å². The van der Waals surface area contributed by atoms with Gasteiger partial charge in [-0.1, -0.05) is 54.6 Å². The molecule has 7 heteroatoms. The normalized spacial score (nSPS) is 17.7. The lowest BCUT2D eigenvalue weighted by atomic mass is 9.98.